The molecular formula is C15H26O3. The van der Waals surface area contributed by atoms with Gasteiger partial charge < -0.3 is 14.9 Å². The van der Waals surface area contributed by atoms with Gasteiger partial charge in [-0.2, -0.15) is 0 Å². The van der Waals surface area contributed by atoms with Gasteiger partial charge in [-0.3, -0.25) is 0 Å². The monoisotopic (exact) mass is 254 g/mol. The number of hydrogen-bond acceptors (Lipinski definition) is 3. The second-order valence-electron chi connectivity index (χ2n) is 6.93. The molecule has 0 amide bonds. The van der Waals surface area contributed by atoms with Crippen molar-refractivity contribution in [1.82, 2.24) is 0 Å². The third-order valence-electron chi connectivity index (χ3n) is 4.65. The van der Waals surface area contributed by atoms with E-state index in [1.165, 1.54) is 0 Å². The molecular weight excluding hydrogens is 228 g/mol. The van der Waals surface area contributed by atoms with E-state index in [4.69, 9.17) is 4.74 Å². The van der Waals surface area contributed by atoms with E-state index in [1.54, 1.807) is 0 Å². The predicted molar refractivity (Wildman–Crippen MR) is 71.3 cm³/mol. The van der Waals surface area contributed by atoms with Crippen molar-refractivity contribution >= 4 is 0 Å². The highest BCUT2D eigenvalue weighted by Gasteiger charge is 2.47. The van der Waals surface area contributed by atoms with Crippen LogP contribution in [0.4, 0.5) is 0 Å². The maximum Gasteiger partial charge on any atom is 0.0891 e. The summed E-state index contributed by atoms with van der Waals surface area (Å²) in [5.41, 5.74) is -1.38. The summed E-state index contributed by atoms with van der Waals surface area (Å²) in [5.74, 6) is 0.324. The smallest absolute Gasteiger partial charge is 0.0891 e. The van der Waals surface area contributed by atoms with Gasteiger partial charge in [0.15, 0.2) is 0 Å². The third kappa shape index (κ3) is 2.63. The highest BCUT2D eigenvalue weighted by Crippen LogP contribution is 2.44. The van der Waals surface area contributed by atoms with Gasteiger partial charge >= 0.3 is 0 Å². The standard InChI is InChI=1S/C15H26O3/c1-13(2)12(16)7-10-15(4,18-13)11-5-8-14(3,17)9-6-11/h5,8,11-12,16-17H,6-7,9-10H2,1-4H3. The van der Waals surface area contributed by atoms with Gasteiger partial charge in [0.05, 0.1) is 22.9 Å². The molecule has 1 saturated heterocycles. The van der Waals surface area contributed by atoms with Crippen molar-refractivity contribution in [2.45, 2.75) is 76.3 Å². The van der Waals surface area contributed by atoms with E-state index in [0.717, 1.165) is 25.7 Å². The van der Waals surface area contributed by atoms with Crippen LogP contribution >= 0.6 is 0 Å². The van der Waals surface area contributed by atoms with Crippen LogP contribution in [-0.2, 0) is 4.74 Å². The minimum atomic E-state index is -0.670. The van der Waals surface area contributed by atoms with Crippen LogP contribution in [0.25, 0.3) is 0 Å². The van der Waals surface area contributed by atoms with E-state index in [1.807, 2.05) is 26.8 Å². The summed E-state index contributed by atoms with van der Waals surface area (Å²) in [7, 11) is 0. The second kappa shape index (κ2) is 4.32. The van der Waals surface area contributed by atoms with E-state index in [0.29, 0.717) is 5.92 Å². The first-order chi connectivity index (χ1) is 8.15. The number of aliphatic hydroxyl groups is 2. The molecule has 1 aliphatic carbocycles. The van der Waals surface area contributed by atoms with Crippen molar-refractivity contribution < 1.29 is 14.9 Å². The Bertz CT molecular complexity index is 346. The lowest BCUT2D eigenvalue weighted by Crippen LogP contribution is -2.55. The first-order valence-corrected chi connectivity index (χ1v) is 6.95. The molecule has 1 aliphatic heterocycles. The van der Waals surface area contributed by atoms with Gasteiger partial charge in [-0.05, 0) is 53.4 Å². The van der Waals surface area contributed by atoms with Gasteiger partial charge in [0, 0.05) is 5.92 Å². The quantitative estimate of drug-likeness (QED) is 0.707. The largest absolute Gasteiger partial charge is 0.390 e. The molecule has 0 aromatic heterocycles. The Balaban J connectivity index is 2.14. The third-order valence-corrected chi connectivity index (χ3v) is 4.65. The summed E-state index contributed by atoms with van der Waals surface area (Å²) in [6.45, 7) is 7.89. The maximum absolute atomic E-state index is 9.97. The number of rotatable bonds is 1. The summed E-state index contributed by atoms with van der Waals surface area (Å²) in [4.78, 5) is 0. The zero-order valence-electron chi connectivity index (χ0n) is 11.9. The Kier molecular flexibility index (Phi) is 3.37. The topological polar surface area (TPSA) is 49.7 Å². The van der Waals surface area contributed by atoms with Crippen molar-refractivity contribution in [3.63, 3.8) is 0 Å². The van der Waals surface area contributed by atoms with Gasteiger partial charge in [-0.15, -0.1) is 0 Å². The lowest BCUT2D eigenvalue weighted by Gasteiger charge is -2.50. The van der Waals surface area contributed by atoms with Crippen LogP contribution in [0.3, 0.4) is 0 Å². The average molecular weight is 254 g/mol. The van der Waals surface area contributed by atoms with Crippen molar-refractivity contribution in [2.24, 2.45) is 5.92 Å². The van der Waals surface area contributed by atoms with Crippen LogP contribution < -0.4 is 0 Å². The van der Waals surface area contributed by atoms with Gasteiger partial charge in [0.25, 0.3) is 0 Å². The molecule has 0 bridgehead atoms. The summed E-state index contributed by atoms with van der Waals surface area (Å²) < 4.78 is 6.20. The Hall–Kier alpha value is -0.380. The van der Waals surface area contributed by atoms with Crippen LogP contribution in [-0.4, -0.2) is 33.1 Å². The molecule has 2 aliphatic rings. The fraction of sp³-hybridized carbons (Fsp3) is 0.867. The molecule has 3 heteroatoms. The van der Waals surface area contributed by atoms with Crippen LogP contribution in [0.5, 0.6) is 0 Å². The molecule has 3 nitrogen and oxygen atoms in total. The number of hydrogen-bond donors (Lipinski definition) is 2. The molecule has 1 fully saturated rings. The molecule has 18 heavy (non-hydrogen) atoms. The molecule has 4 atom stereocenters. The SMILES string of the molecule is CC1(O)C=CC(C2(C)CCC(O)C(C)(C)O2)CC1. The van der Waals surface area contributed by atoms with Crippen molar-refractivity contribution in [1.29, 1.82) is 0 Å². The van der Waals surface area contributed by atoms with E-state index in [2.05, 4.69) is 13.0 Å². The Morgan fingerprint density at radius 2 is 1.78 bits per heavy atom. The minimum absolute atomic E-state index is 0.226. The Morgan fingerprint density at radius 3 is 2.28 bits per heavy atom. The van der Waals surface area contributed by atoms with E-state index in [-0.39, 0.29) is 11.7 Å². The molecule has 4 unspecified atom stereocenters. The van der Waals surface area contributed by atoms with E-state index >= 15 is 0 Å². The summed E-state index contributed by atoms with van der Waals surface area (Å²) in [5, 5.41) is 19.9. The zero-order valence-corrected chi connectivity index (χ0v) is 11.9. The fourth-order valence-electron chi connectivity index (χ4n) is 3.21. The molecule has 0 aromatic rings. The maximum atomic E-state index is 9.97. The Morgan fingerprint density at radius 1 is 1.11 bits per heavy atom. The van der Waals surface area contributed by atoms with Gasteiger partial charge in [-0.1, -0.05) is 12.2 Å². The zero-order chi connectivity index (χ0) is 13.6. The lowest BCUT2D eigenvalue weighted by atomic mass is 9.73. The molecule has 104 valence electrons. The normalized spacial score (nSPS) is 48.1. The Labute approximate surface area is 110 Å². The molecule has 0 aromatic carbocycles. The van der Waals surface area contributed by atoms with Crippen LogP contribution in [0.2, 0.25) is 0 Å². The highest BCUT2D eigenvalue weighted by molar-refractivity contribution is 5.11. The van der Waals surface area contributed by atoms with Crippen LogP contribution in [0.15, 0.2) is 12.2 Å². The lowest BCUT2D eigenvalue weighted by molar-refractivity contribution is -0.229. The predicted octanol–water partition coefficient (Wildman–Crippen LogP) is 2.41. The molecule has 2 rings (SSSR count). The molecule has 0 spiro atoms. The fourth-order valence-corrected chi connectivity index (χ4v) is 3.21. The first kappa shape index (κ1) is 14.0. The second-order valence-corrected chi connectivity index (χ2v) is 6.93. The highest BCUT2D eigenvalue weighted by atomic mass is 16.5. The van der Waals surface area contributed by atoms with E-state index in [9.17, 15) is 10.2 Å². The summed E-state index contributed by atoms with van der Waals surface area (Å²) in [6, 6.07) is 0. The molecule has 0 radical (unpaired) electrons. The number of aliphatic hydroxyl groups excluding tert-OH is 1. The van der Waals surface area contributed by atoms with Crippen molar-refractivity contribution in [3.05, 3.63) is 12.2 Å². The van der Waals surface area contributed by atoms with Crippen LogP contribution in [0.1, 0.15) is 53.4 Å². The summed E-state index contributed by atoms with van der Waals surface area (Å²) >= 11 is 0. The number of ether oxygens (including phenoxy) is 1. The average Bonchev–Trinajstić information content (AvgIpc) is 2.23. The van der Waals surface area contributed by atoms with Crippen molar-refractivity contribution in [2.75, 3.05) is 0 Å². The van der Waals surface area contributed by atoms with Gasteiger partial charge in [0.2, 0.25) is 0 Å². The molecule has 0 saturated carbocycles. The minimum Gasteiger partial charge on any atom is -0.390 e. The summed E-state index contributed by atoms with van der Waals surface area (Å²) in [6.07, 6.45) is 6.97. The van der Waals surface area contributed by atoms with Crippen LogP contribution in [0, 0.1) is 5.92 Å². The van der Waals surface area contributed by atoms with E-state index < -0.39 is 11.2 Å². The molecule has 2 N–H and O–H groups in total. The van der Waals surface area contributed by atoms with Gasteiger partial charge in [-0.25, -0.2) is 0 Å². The van der Waals surface area contributed by atoms with Crippen molar-refractivity contribution in [3.8, 4) is 0 Å². The van der Waals surface area contributed by atoms with Gasteiger partial charge in [0.1, 0.15) is 0 Å². The molecule has 1 heterocycles. The first-order valence-electron chi connectivity index (χ1n) is 6.95.